The molecule has 160 valence electrons. The topological polar surface area (TPSA) is 113 Å². The Morgan fingerprint density at radius 2 is 1.87 bits per heavy atom. The zero-order valence-electron chi connectivity index (χ0n) is 15.9. The maximum absolute atomic E-state index is 13.3. The van der Waals surface area contributed by atoms with E-state index in [9.17, 15) is 26.4 Å². The zero-order valence-corrected chi connectivity index (χ0v) is 16.7. The molecule has 0 aliphatic rings. The Morgan fingerprint density at radius 1 is 1.19 bits per heavy atom. The van der Waals surface area contributed by atoms with Crippen LogP contribution in [-0.4, -0.2) is 19.3 Å². The second-order valence-corrected chi connectivity index (χ2v) is 8.06. The fourth-order valence-corrected chi connectivity index (χ4v) is 3.94. The summed E-state index contributed by atoms with van der Waals surface area (Å²) in [4.78, 5) is 15.3. The number of aromatic nitrogens is 1. The predicted octanol–water partition coefficient (Wildman–Crippen LogP) is 3.59. The number of hydrogen-bond acceptors (Lipinski definition) is 6. The normalized spacial score (nSPS) is 11.7. The molecule has 0 fully saturated rings. The Kier molecular flexibility index (Phi) is 5.85. The number of oxazole rings is 1. The minimum absolute atomic E-state index is 0.141. The molecule has 1 aromatic heterocycles. The first kappa shape index (κ1) is 22.0. The highest BCUT2D eigenvalue weighted by Crippen LogP contribution is 2.34. The van der Waals surface area contributed by atoms with E-state index in [1.54, 1.807) is 35.1 Å². The van der Waals surface area contributed by atoms with Crippen molar-refractivity contribution in [2.24, 2.45) is 0 Å². The summed E-state index contributed by atoms with van der Waals surface area (Å²) >= 11 is 0. The molecule has 1 amide bonds. The van der Waals surface area contributed by atoms with Crippen molar-refractivity contribution in [3.63, 3.8) is 0 Å². The molecule has 3 rings (SSSR count). The summed E-state index contributed by atoms with van der Waals surface area (Å²) in [6.45, 7) is 1.53. The number of amides is 1. The van der Waals surface area contributed by atoms with Crippen LogP contribution in [0.15, 0.2) is 57.8 Å². The summed E-state index contributed by atoms with van der Waals surface area (Å²) in [5.74, 6) is -0.607. The van der Waals surface area contributed by atoms with E-state index in [0.717, 1.165) is 6.07 Å². The third-order valence-electron chi connectivity index (χ3n) is 4.19. The summed E-state index contributed by atoms with van der Waals surface area (Å²) in [7, 11) is -4.86. The van der Waals surface area contributed by atoms with E-state index in [1.165, 1.54) is 13.0 Å². The lowest BCUT2D eigenvalue weighted by atomic mass is 10.1. The minimum atomic E-state index is -5.05. The summed E-state index contributed by atoms with van der Waals surface area (Å²) in [6, 6.07) is 12.2. The highest BCUT2D eigenvalue weighted by Gasteiger charge is 2.38. The molecule has 0 saturated heterocycles. The van der Waals surface area contributed by atoms with Gasteiger partial charge in [0.25, 0.3) is 10.0 Å². The number of rotatable bonds is 5. The molecule has 0 saturated carbocycles. The van der Waals surface area contributed by atoms with Gasteiger partial charge in [0, 0.05) is 5.56 Å². The van der Waals surface area contributed by atoms with Crippen LogP contribution in [0, 0.1) is 18.3 Å². The molecule has 1 heterocycles. The summed E-state index contributed by atoms with van der Waals surface area (Å²) in [6.07, 6.45) is -5.58. The van der Waals surface area contributed by atoms with Crippen LogP contribution in [-0.2, 0) is 27.4 Å². The van der Waals surface area contributed by atoms with Gasteiger partial charge in [-0.1, -0.05) is 18.2 Å². The molecule has 0 unspecified atom stereocenters. The largest absolute Gasteiger partial charge is 0.441 e. The zero-order chi connectivity index (χ0) is 22.8. The van der Waals surface area contributed by atoms with E-state index in [2.05, 4.69) is 4.98 Å². The molecule has 31 heavy (non-hydrogen) atoms. The fourth-order valence-electron chi connectivity index (χ4n) is 2.74. The van der Waals surface area contributed by atoms with Gasteiger partial charge in [0.1, 0.15) is 5.76 Å². The van der Waals surface area contributed by atoms with E-state index >= 15 is 0 Å². The monoisotopic (exact) mass is 449 g/mol. The summed E-state index contributed by atoms with van der Waals surface area (Å²) < 4.78 is 71.9. The highest BCUT2D eigenvalue weighted by atomic mass is 32.2. The first-order chi connectivity index (χ1) is 14.5. The van der Waals surface area contributed by atoms with Gasteiger partial charge >= 0.3 is 6.18 Å². The lowest BCUT2D eigenvalue weighted by Crippen LogP contribution is -2.33. The molecule has 11 heteroatoms. The molecule has 0 aliphatic heterocycles. The van der Waals surface area contributed by atoms with Gasteiger partial charge in [-0.25, -0.2) is 18.1 Å². The van der Waals surface area contributed by atoms with Crippen molar-refractivity contribution < 1.29 is 30.8 Å². The average Bonchev–Trinajstić information content (AvgIpc) is 3.07. The molecule has 2 aromatic carbocycles. The molecule has 0 radical (unpaired) electrons. The SMILES string of the molecule is Cc1oc(-c2ccccc2)nc1CC(=O)NS(=O)(=O)c1ccc(C#N)cc1C(F)(F)F. The number of alkyl halides is 3. The number of nitrogens with zero attached hydrogens (tertiary/aromatic N) is 2. The number of nitriles is 1. The van der Waals surface area contributed by atoms with Crippen LogP contribution in [0.2, 0.25) is 0 Å². The number of carbonyl (C=O) groups excluding carboxylic acids is 1. The number of benzene rings is 2. The summed E-state index contributed by atoms with van der Waals surface area (Å²) in [5.41, 5.74) is -1.14. The smallest absolute Gasteiger partial charge is 0.417 e. The maximum Gasteiger partial charge on any atom is 0.417 e. The molecule has 0 atom stereocenters. The van der Waals surface area contributed by atoms with E-state index in [0.29, 0.717) is 17.7 Å². The van der Waals surface area contributed by atoms with Gasteiger partial charge in [0.2, 0.25) is 11.8 Å². The van der Waals surface area contributed by atoms with Crippen molar-refractivity contribution in [1.82, 2.24) is 9.71 Å². The van der Waals surface area contributed by atoms with Crippen molar-refractivity contribution in [3.8, 4) is 17.5 Å². The Hall–Kier alpha value is -3.65. The van der Waals surface area contributed by atoms with Crippen molar-refractivity contribution in [3.05, 3.63) is 71.1 Å². The number of hydrogen-bond donors (Lipinski definition) is 1. The molecule has 0 bridgehead atoms. The standard InChI is InChI=1S/C20H14F3N3O4S/c1-12-16(25-19(30-12)14-5-3-2-4-6-14)10-18(27)26-31(28,29)17-8-7-13(11-24)9-15(17)20(21,22)23/h2-9H,10H2,1H3,(H,26,27). The second kappa shape index (κ2) is 8.23. The quantitative estimate of drug-likeness (QED) is 0.637. The average molecular weight is 449 g/mol. The van der Waals surface area contributed by atoms with E-state index < -0.39 is 39.0 Å². The molecular formula is C20H14F3N3O4S. The van der Waals surface area contributed by atoms with Crippen molar-refractivity contribution >= 4 is 15.9 Å². The van der Waals surface area contributed by atoms with Gasteiger partial charge < -0.3 is 4.42 Å². The molecule has 3 aromatic rings. The van der Waals surface area contributed by atoms with Gasteiger partial charge in [-0.05, 0) is 37.3 Å². The molecular weight excluding hydrogens is 435 g/mol. The second-order valence-electron chi connectivity index (χ2n) is 6.41. The number of aryl methyl sites for hydroxylation is 1. The third kappa shape index (κ3) is 4.92. The van der Waals surface area contributed by atoms with Crippen molar-refractivity contribution in [2.75, 3.05) is 0 Å². The van der Waals surface area contributed by atoms with Gasteiger partial charge in [0.05, 0.1) is 34.2 Å². The molecule has 0 spiro atoms. The van der Waals surface area contributed by atoms with Crippen LogP contribution in [0.3, 0.4) is 0 Å². The maximum atomic E-state index is 13.3. The van der Waals surface area contributed by atoms with Crippen LogP contribution in [0.4, 0.5) is 13.2 Å². The van der Waals surface area contributed by atoms with Crippen LogP contribution in [0.1, 0.15) is 22.6 Å². The summed E-state index contributed by atoms with van der Waals surface area (Å²) in [5, 5.41) is 8.79. The highest BCUT2D eigenvalue weighted by molar-refractivity contribution is 7.90. The van der Waals surface area contributed by atoms with Crippen LogP contribution < -0.4 is 4.72 Å². The Morgan fingerprint density at radius 3 is 2.48 bits per heavy atom. The first-order valence-corrected chi connectivity index (χ1v) is 10.2. The molecule has 1 N–H and O–H groups in total. The molecule has 0 aliphatic carbocycles. The van der Waals surface area contributed by atoms with Gasteiger partial charge in [-0.15, -0.1) is 0 Å². The Balaban J connectivity index is 1.85. The van der Waals surface area contributed by atoms with E-state index in [-0.39, 0.29) is 22.9 Å². The molecule has 7 nitrogen and oxygen atoms in total. The number of carbonyl (C=O) groups is 1. The van der Waals surface area contributed by atoms with Crippen LogP contribution in [0.5, 0.6) is 0 Å². The number of nitrogens with one attached hydrogen (secondary N) is 1. The minimum Gasteiger partial charge on any atom is -0.441 e. The van der Waals surface area contributed by atoms with Gasteiger partial charge in [-0.2, -0.15) is 18.4 Å². The van der Waals surface area contributed by atoms with Crippen molar-refractivity contribution in [2.45, 2.75) is 24.4 Å². The lowest BCUT2D eigenvalue weighted by Gasteiger charge is -2.14. The Bertz CT molecular complexity index is 1280. The van der Waals surface area contributed by atoms with Crippen molar-refractivity contribution in [1.29, 1.82) is 5.26 Å². The number of sulfonamides is 1. The van der Waals surface area contributed by atoms with E-state index in [1.807, 2.05) is 0 Å². The van der Waals surface area contributed by atoms with Gasteiger partial charge in [-0.3, -0.25) is 4.79 Å². The Labute approximate surface area is 175 Å². The van der Waals surface area contributed by atoms with Gasteiger partial charge in [0.15, 0.2) is 0 Å². The van der Waals surface area contributed by atoms with Crippen LogP contribution in [0.25, 0.3) is 11.5 Å². The van der Waals surface area contributed by atoms with Crippen LogP contribution >= 0.6 is 0 Å². The fraction of sp³-hybridized carbons (Fsp3) is 0.150. The number of halogens is 3. The third-order valence-corrected chi connectivity index (χ3v) is 5.62. The lowest BCUT2D eigenvalue weighted by molar-refractivity contribution is -0.140. The first-order valence-electron chi connectivity index (χ1n) is 8.70. The predicted molar refractivity (Wildman–Crippen MR) is 102 cm³/mol. The van der Waals surface area contributed by atoms with E-state index in [4.69, 9.17) is 9.68 Å².